The number of hydrogen-bond donors (Lipinski definition) is 2. The van der Waals surface area contributed by atoms with Crippen molar-refractivity contribution in [2.45, 2.75) is 31.6 Å². The van der Waals surface area contributed by atoms with Crippen molar-refractivity contribution >= 4 is 16.0 Å². The number of nitrogens with zero attached hydrogens (tertiary/aromatic N) is 2. The van der Waals surface area contributed by atoms with Gasteiger partial charge in [-0.3, -0.25) is 4.79 Å². The van der Waals surface area contributed by atoms with E-state index in [-0.39, 0.29) is 17.1 Å². The first-order chi connectivity index (χ1) is 9.81. The zero-order chi connectivity index (χ0) is 16.1. The molecule has 2 N–H and O–H groups in total. The maximum Gasteiger partial charge on any atom is 0.310 e. The number of rotatable bonds is 7. The summed E-state index contributed by atoms with van der Waals surface area (Å²) < 4.78 is 26.5. The zero-order valence-corrected chi connectivity index (χ0v) is 12.6. The van der Waals surface area contributed by atoms with Crippen LogP contribution >= 0.6 is 0 Å². The molecule has 0 amide bonds. The van der Waals surface area contributed by atoms with Gasteiger partial charge in [-0.2, -0.15) is 5.26 Å². The van der Waals surface area contributed by atoms with Gasteiger partial charge in [-0.05, 0) is 25.0 Å². The van der Waals surface area contributed by atoms with E-state index in [0.717, 1.165) is 6.20 Å². The molecule has 0 bridgehead atoms. The van der Waals surface area contributed by atoms with Gasteiger partial charge in [0, 0.05) is 12.7 Å². The summed E-state index contributed by atoms with van der Waals surface area (Å²) in [6.45, 7) is 3.21. The van der Waals surface area contributed by atoms with E-state index in [1.165, 1.54) is 12.1 Å². The van der Waals surface area contributed by atoms with E-state index in [2.05, 4.69) is 9.71 Å². The number of sulfonamides is 1. The first kappa shape index (κ1) is 17.1. The average Bonchev–Trinajstić information content (AvgIpc) is 2.48. The topological polar surface area (TPSA) is 120 Å². The first-order valence-corrected chi connectivity index (χ1v) is 7.89. The summed E-state index contributed by atoms with van der Waals surface area (Å²) in [6, 6.07) is 4.34. The van der Waals surface area contributed by atoms with Crippen molar-refractivity contribution in [3.8, 4) is 6.07 Å². The lowest BCUT2D eigenvalue weighted by molar-refractivity contribution is -0.149. The maximum atomic E-state index is 12.1. The lowest BCUT2D eigenvalue weighted by Gasteiger charge is -2.26. The SMILES string of the molecule is CCC(CC)(CNS(=O)(=O)c1ccc(C#N)nc1)C(=O)O. The van der Waals surface area contributed by atoms with E-state index in [0.29, 0.717) is 12.8 Å². The molecule has 114 valence electrons. The molecule has 0 atom stereocenters. The van der Waals surface area contributed by atoms with Crippen LogP contribution in [-0.2, 0) is 14.8 Å². The van der Waals surface area contributed by atoms with Crippen LogP contribution in [0.1, 0.15) is 32.4 Å². The van der Waals surface area contributed by atoms with Gasteiger partial charge in [0.1, 0.15) is 16.7 Å². The summed E-state index contributed by atoms with van der Waals surface area (Å²) in [4.78, 5) is 14.9. The van der Waals surface area contributed by atoms with Gasteiger partial charge in [0.15, 0.2) is 0 Å². The molecule has 0 saturated heterocycles. The molecule has 0 fully saturated rings. The van der Waals surface area contributed by atoms with Crippen LogP contribution in [0.5, 0.6) is 0 Å². The molecule has 0 aliphatic rings. The van der Waals surface area contributed by atoms with Crippen LogP contribution in [0, 0.1) is 16.7 Å². The lowest BCUT2D eigenvalue weighted by Crippen LogP contribution is -2.42. The second kappa shape index (κ2) is 6.65. The fourth-order valence-corrected chi connectivity index (χ4v) is 2.87. The highest BCUT2D eigenvalue weighted by atomic mass is 32.2. The Bertz CT molecular complexity index is 643. The van der Waals surface area contributed by atoms with Crippen molar-refractivity contribution in [2.24, 2.45) is 5.41 Å². The summed E-state index contributed by atoms with van der Waals surface area (Å²) in [5, 5.41) is 17.9. The third-order valence-corrected chi connectivity index (χ3v) is 4.96. The standard InChI is InChI=1S/C13H17N3O4S/c1-3-13(4-2,12(17)18)9-16-21(19,20)11-6-5-10(7-14)15-8-11/h5-6,8,16H,3-4,9H2,1-2H3,(H,17,18). The van der Waals surface area contributed by atoms with Crippen molar-refractivity contribution in [2.75, 3.05) is 6.54 Å². The number of nitrogens with one attached hydrogen (secondary N) is 1. The summed E-state index contributed by atoms with van der Waals surface area (Å²) in [7, 11) is -3.86. The number of carboxylic acids is 1. The van der Waals surface area contributed by atoms with E-state index in [4.69, 9.17) is 5.26 Å². The van der Waals surface area contributed by atoms with Crippen LogP contribution in [0.2, 0.25) is 0 Å². The predicted molar refractivity (Wildman–Crippen MR) is 74.8 cm³/mol. The van der Waals surface area contributed by atoms with Gasteiger partial charge >= 0.3 is 5.97 Å². The van der Waals surface area contributed by atoms with Gasteiger partial charge in [0.25, 0.3) is 0 Å². The van der Waals surface area contributed by atoms with Crippen LogP contribution < -0.4 is 4.72 Å². The Morgan fingerprint density at radius 2 is 2.05 bits per heavy atom. The largest absolute Gasteiger partial charge is 0.481 e. The average molecular weight is 311 g/mol. The maximum absolute atomic E-state index is 12.1. The third-order valence-electron chi connectivity index (χ3n) is 3.57. The van der Waals surface area contributed by atoms with E-state index in [1.807, 2.05) is 0 Å². The number of hydrogen-bond acceptors (Lipinski definition) is 5. The van der Waals surface area contributed by atoms with Crippen LogP contribution in [0.25, 0.3) is 0 Å². The monoisotopic (exact) mass is 311 g/mol. The van der Waals surface area contributed by atoms with E-state index in [1.54, 1.807) is 19.9 Å². The van der Waals surface area contributed by atoms with Gasteiger partial charge < -0.3 is 5.11 Å². The van der Waals surface area contributed by atoms with Crippen molar-refractivity contribution in [3.63, 3.8) is 0 Å². The number of carboxylic acid groups (broad SMARTS) is 1. The quantitative estimate of drug-likeness (QED) is 0.778. The Labute approximate surface area is 123 Å². The molecule has 1 rings (SSSR count). The highest BCUT2D eigenvalue weighted by Crippen LogP contribution is 2.26. The minimum atomic E-state index is -3.86. The van der Waals surface area contributed by atoms with Crippen molar-refractivity contribution in [1.29, 1.82) is 5.26 Å². The molecule has 0 saturated carbocycles. The van der Waals surface area contributed by atoms with E-state index >= 15 is 0 Å². The molecule has 1 aromatic rings. The molecule has 0 radical (unpaired) electrons. The van der Waals surface area contributed by atoms with Crippen molar-refractivity contribution in [1.82, 2.24) is 9.71 Å². The Morgan fingerprint density at radius 3 is 2.43 bits per heavy atom. The fraction of sp³-hybridized carbons (Fsp3) is 0.462. The van der Waals surface area contributed by atoms with Gasteiger partial charge in [-0.1, -0.05) is 13.8 Å². The smallest absolute Gasteiger partial charge is 0.310 e. The molecule has 8 heteroatoms. The Hall–Kier alpha value is -1.98. The second-order valence-electron chi connectivity index (χ2n) is 4.61. The normalized spacial score (nSPS) is 11.9. The van der Waals surface area contributed by atoms with Crippen molar-refractivity contribution in [3.05, 3.63) is 24.0 Å². The third kappa shape index (κ3) is 3.77. The van der Waals surface area contributed by atoms with Crippen LogP contribution in [0.15, 0.2) is 23.2 Å². The zero-order valence-electron chi connectivity index (χ0n) is 11.8. The molecule has 0 aliphatic carbocycles. The Kier molecular flexibility index (Phi) is 5.41. The number of aliphatic carboxylic acids is 1. The highest BCUT2D eigenvalue weighted by Gasteiger charge is 2.36. The number of aromatic nitrogens is 1. The van der Waals surface area contributed by atoms with Gasteiger partial charge in [0.2, 0.25) is 10.0 Å². The van der Waals surface area contributed by atoms with Gasteiger partial charge in [-0.15, -0.1) is 0 Å². The number of pyridine rings is 1. The van der Waals surface area contributed by atoms with Crippen LogP contribution in [-0.4, -0.2) is 31.0 Å². The lowest BCUT2D eigenvalue weighted by atomic mass is 9.83. The summed E-state index contributed by atoms with van der Waals surface area (Å²) in [5.41, 5.74) is -1.02. The molecule has 7 nitrogen and oxygen atoms in total. The van der Waals surface area contributed by atoms with E-state index in [9.17, 15) is 18.3 Å². The summed E-state index contributed by atoms with van der Waals surface area (Å²) >= 11 is 0. The molecule has 0 spiro atoms. The number of carbonyl (C=O) groups is 1. The minimum absolute atomic E-state index is 0.104. The minimum Gasteiger partial charge on any atom is -0.481 e. The van der Waals surface area contributed by atoms with E-state index < -0.39 is 21.4 Å². The summed E-state index contributed by atoms with van der Waals surface area (Å²) in [6.07, 6.45) is 1.70. The molecule has 21 heavy (non-hydrogen) atoms. The second-order valence-corrected chi connectivity index (χ2v) is 6.38. The predicted octanol–water partition coefficient (Wildman–Crippen LogP) is 1.12. The highest BCUT2D eigenvalue weighted by molar-refractivity contribution is 7.89. The Balaban J connectivity index is 2.95. The molecular formula is C13H17N3O4S. The summed E-state index contributed by atoms with van der Waals surface area (Å²) in [5.74, 6) is -1.03. The van der Waals surface area contributed by atoms with Crippen molar-refractivity contribution < 1.29 is 18.3 Å². The molecule has 0 aromatic carbocycles. The molecule has 0 unspecified atom stereocenters. The fourth-order valence-electron chi connectivity index (χ4n) is 1.80. The molecule has 1 aromatic heterocycles. The van der Waals surface area contributed by atoms with Crippen LogP contribution in [0.3, 0.4) is 0 Å². The number of nitriles is 1. The Morgan fingerprint density at radius 1 is 1.43 bits per heavy atom. The molecule has 1 heterocycles. The molecular weight excluding hydrogens is 294 g/mol. The molecule has 0 aliphatic heterocycles. The van der Waals surface area contributed by atoms with Gasteiger partial charge in [-0.25, -0.2) is 18.1 Å². The first-order valence-electron chi connectivity index (χ1n) is 6.40. The van der Waals surface area contributed by atoms with Gasteiger partial charge in [0.05, 0.1) is 5.41 Å². The van der Waals surface area contributed by atoms with Crippen LogP contribution in [0.4, 0.5) is 0 Å².